The Balaban J connectivity index is 2.33. The van der Waals surface area contributed by atoms with Crippen LogP contribution < -0.4 is 0 Å². The average molecular weight is 172 g/mol. The maximum absolute atomic E-state index is 8.79. The van der Waals surface area contributed by atoms with E-state index in [0.29, 0.717) is 6.61 Å². The smallest absolute Gasteiger partial charge is 0.138 e. The summed E-state index contributed by atoms with van der Waals surface area (Å²) in [6, 6.07) is 11.8. The van der Waals surface area contributed by atoms with Gasteiger partial charge in [-0.2, -0.15) is 5.26 Å². The summed E-state index contributed by atoms with van der Waals surface area (Å²) >= 11 is 0. The highest BCUT2D eigenvalue weighted by Gasteiger charge is 2.23. The van der Waals surface area contributed by atoms with Gasteiger partial charge < -0.3 is 4.84 Å². The molecule has 0 amide bonds. The van der Waals surface area contributed by atoms with Crippen molar-refractivity contribution in [2.45, 2.75) is 0 Å². The molecule has 0 N–H and O–H groups in total. The van der Waals surface area contributed by atoms with Gasteiger partial charge in [0.05, 0.1) is 6.07 Å². The predicted molar refractivity (Wildman–Crippen MR) is 48.0 cm³/mol. The van der Waals surface area contributed by atoms with Crippen molar-refractivity contribution < 1.29 is 4.84 Å². The summed E-state index contributed by atoms with van der Waals surface area (Å²) in [7, 11) is 0. The SMILES string of the molecule is N#CC1CON=C1c1ccccc1. The molecule has 0 bridgehead atoms. The van der Waals surface area contributed by atoms with E-state index in [2.05, 4.69) is 11.2 Å². The van der Waals surface area contributed by atoms with Gasteiger partial charge in [-0.25, -0.2) is 0 Å². The Labute approximate surface area is 76.2 Å². The molecule has 1 aromatic carbocycles. The largest absolute Gasteiger partial charge is 0.394 e. The lowest BCUT2D eigenvalue weighted by Crippen LogP contribution is -2.11. The maximum atomic E-state index is 8.79. The van der Waals surface area contributed by atoms with Crippen LogP contribution in [0.4, 0.5) is 0 Å². The van der Waals surface area contributed by atoms with E-state index in [1.165, 1.54) is 0 Å². The van der Waals surface area contributed by atoms with Gasteiger partial charge in [0.2, 0.25) is 0 Å². The third kappa shape index (κ3) is 1.38. The van der Waals surface area contributed by atoms with Crippen molar-refractivity contribution in [1.29, 1.82) is 5.26 Å². The van der Waals surface area contributed by atoms with E-state index < -0.39 is 0 Å². The Morgan fingerprint density at radius 3 is 2.85 bits per heavy atom. The number of hydrogen-bond donors (Lipinski definition) is 0. The zero-order chi connectivity index (χ0) is 9.10. The zero-order valence-electron chi connectivity index (χ0n) is 6.97. The molecule has 0 aliphatic carbocycles. The van der Waals surface area contributed by atoms with Crippen LogP contribution in [0.1, 0.15) is 5.56 Å². The molecule has 0 spiro atoms. The number of nitrogens with zero attached hydrogens (tertiary/aromatic N) is 2. The molecule has 1 aliphatic heterocycles. The zero-order valence-corrected chi connectivity index (χ0v) is 6.97. The Kier molecular flexibility index (Phi) is 1.97. The lowest BCUT2D eigenvalue weighted by molar-refractivity contribution is 0.163. The first kappa shape index (κ1) is 7.81. The highest BCUT2D eigenvalue weighted by atomic mass is 16.6. The van der Waals surface area contributed by atoms with Crippen molar-refractivity contribution in [3.63, 3.8) is 0 Å². The standard InChI is InChI=1S/C10H8N2O/c11-6-9-7-13-12-10(9)8-4-2-1-3-5-8/h1-5,9H,7H2. The quantitative estimate of drug-likeness (QED) is 0.645. The minimum Gasteiger partial charge on any atom is -0.394 e. The molecule has 2 rings (SSSR count). The molecule has 1 atom stereocenters. The fourth-order valence-corrected chi connectivity index (χ4v) is 1.29. The second-order valence-electron chi connectivity index (χ2n) is 2.82. The number of oxime groups is 1. The van der Waals surface area contributed by atoms with Gasteiger partial charge in [-0.15, -0.1) is 0 Å². The fourth-order valence-electron chi connectivity index (χ4n) is 1.29. The van der Waals surface area contributed by atoms with Crippen LogP contribution in [-0.4, -0.2) is 12.3 Å². The number of benzene rings is 1. The van der Waals surface area contributed by atoms with Crippen molar-refractivity contribution in [3.8, 4) is 6.07 Å². The lowest BCUT2D eigenvalue weighted by atomic mass is 10.00. The van der Waals surface area contributed by atoms with Crippen LogP contribution in [0.25, 0.3) is 0 Å². The lowest BCUT2D eigenvalue weighted by Gasteiger charge is -2.00. The van der Waals surface area contributed by atoms with Crippen LogP contribution in [0, 0.1) is 17.2 Å². The third-order valence-electron chi connectivity index (χ3n) is 1.96. The van der Waals surface area contributed by atoms with Crippen molar-refractivity contribution in [2.75, 3.05) is 6.61 Å². The van der Waals surface area contributed by atoms with Crippen LogP contribution in [0.3, 0.4) is 0 Å². The summed E-state index contributed by atoms with van der Waals surface area (Å²) in [5.74, 6) is -0.220. The van der Waals surface area contributed by atoms with Crippen LogP contribution in [-0.2, 0) is 4.84 Å². The first-order valence-electron chi connectivity index (χ1n) is 4.06. The topological polar surface area (TPSA) is 45.4 Å². The van der Waals surface area contributed by atoms with E-state index in [-0.39, 0.29) is 5.92 Å². The number of hydrogen-bond acceptors (Lipinski definition) is 3. The van der Waals surface area contributed by atoms with Gasteiger partial charge in [-0.3, -0.25) is 0 Å². The van der Waals surface area contributed by atoms with Crippen LogP contribution in [0.15, 0.2) is 35.5 Å². The van der Waals surface area contributed by atoms with Gasteiger partial charge in [0.1, 0.15) is 18.2 Å². The van der Waals surface area contributed by atoms with Crippen molar-refractivity contribution >= 4 is 5.71 Å². The van der Waals surface area contributed by atoms with Crippen molar-refractivity contribution in [3.05, 3.63) is 35.9 Å². The fraction of sp³-hybridized carbons (Fsp3) is 0.200. The van der Waals surface area contributed by atoms with Crippen LogP contribution >= 0.6 is 0 Å². The Hall–Kier alpha value is -1.82. The number of nitriles is 1. The highest BCUT2D eigenvalue weighted by molar-refractivity contribution is 6.04. The van der Waals surface area contributed by atoms with E-state index in [0.717, 1.165) is 11.3 Å². The molecule has 1 unspecified atom stereocenters. The maximum Gasteiger partial charge on any atom is 0.138 e. The van der Waals surface area contributed by atoms with E-state index in [1.807, 2.05) is 30.3 Å². The van der Waals surface area contributed by atoms with Gasteiger partial charge in [0.25, 0.3) is 0 Å². The van der Waals surface area contributed by atoms with E-state index in [4.69, 9.17) is 10.1 Å². The van der Waals surface area contributed by atoms with Gasteiger partial charge >= 0.3 is 0 Å². The summed E-state index contributed by atoms with van der Waals surface area (Å²) in [5.41, 5.74) is 1.70. The summed E-state index contributed by atoms with van der Waals surface area (Å²) in [5, 5.41) is 12.6. The average Bonchev–Trinajstić information content (AvgIpc) is 2.67. The van der Waals surface area contributed by atoms with Crippen LogP contribution in [0.5, 0.6) is 0 Å². The second-order valence-corrected chi connectivity index (χ2v) is 2.82. The highest BCUT2D eigenvalue weighted by Crippen LogP contribution is 2.15. The van der Waals surface area contributed by atoms with Crippen molar-refractivity contribution in [2.24, 2.45) is 11.1 Å². The molecular weight excluding hydrogens is 164 g/mol. The summed E-state index contributed by atoms with van der Waals surface area (Å²) in [6.45, 7) is 0.376. The molecule has 0 aromatic heterocycles. The molecule has 3 heteroatoms. The summed E-state index contributed by atoms with van der Waals surface area (Å²) < 4.78 is 0. The number of rotatable bonds is 1. The monoisotopic (exact) mass is 172 g/mol. The van der Waals surface area contributed by atoms with Gasteiger partial charge in [-0.1, -0.05) is 35.5 Å². The van der Waals surface area contributed by atoms with Gasteiger partial charge in [0, 0.05) is 5.56 Å². The molecule has 13 heavy (non-hydrogen) atoms. The molecule has 0 saturated carbocycles. The predicted octanol–water partition coefficient (Wildman–Crippen LogP) is 1.56. The molecule has 0 saturated heterocycles. The first-order chi connectivity index (χ1) is 6.42. The van der Waals surface area contributed by atoms with Crippen LogP contribution in [0.2, 0.25) is 0 Å². The Morgan fingerprint density at radius 2 is 2.15 bits per heavy atom. The molecule has 0 fully saturated rings. The Morgan fingerprint density at radius 1 is 1.38 bits per heavy atom. The molecule has 64 valence electrons. The molecule has 1 aliphatic rings. The Bertz CT molecular complexity index is 364. The summed E-state index contributed by atoms with van der Waals surface area (Å²) in [6.07, 6.45) is 0. The molecule has 1 heterocycles. The van der Waals surface area contributed by atoms with E-state index in [9.17, 15) is 0 Å². The van der Waals surface area contributed by atoms with Gasteiger partial charge in [0.15, 0.2) is 0 Å². The third-order valence-corrected chi connectivity index (χ3v) is 1.96. The second kappa shape index (κ2) is 3.28. The van der Waals surface area contributed by atoms with Crippen molar-refractivity contribution in [1.82, 2.24) is 0 Å². The summed E-state index contributed by atoms with van der Waals surface area (Å²) in [4.78, 5) is 4.88. The molecule has 1 aromatic rings. The van der Waals surface area contributed by atoms with E-state index >= 15 is 0 Å². The van der Waals surface area contributed by atoms with E-state index in [1.54, 1.807) is 0 Å². The molecule has 3 nitrogen and oxygen atoms in total. The minimum absolute atomic E-state index is 0.220. The minimum atomic E-state index is -0.220. The van der Waals surface area contributed by atoms with Gasteiger partial charge in [-0.05, 0) is 0 Å². The first-order valence-corrected chi connectivity index (χ1v) is 4.06. The normalized spacial score (nSPS) is 20.2. The molecular formula is C10H8N2O. The molecule has 0 radical (unpaired) electrons.